The van der Waals surface area contributed by atoms with E-state index in [4.69, 9.17) is 4.74 Å². The third-order valence-corrected chi connectivity index (χ3v) is 10.8. The Balaban J connectivity index is 1.07. The summed E-state index contributed by atoms with van der Waals surface area (Å²) in [5.74, 6) is -0.792. The first-order valence-electron chi connectivity index (χ1n) is 17.0. The van der Waals surface area contributed by atoms with Crippen LogP contribution in [-0.4, -0.2) is 88.6 Å². The zero-order valence-electron chi connectivity index (χ0n) is 27.6. The number of likely N-dealkylation sites (tertiary alicyclic amines) is 2. The summed E-state index contributed by atoms with van der Waals surface area (Å²) in [5, 5.41) is 10.1. The summed E-state index contributed by atoms with van der Waals surface area (Å²) < 4.78 is 7.79. The summed E-state index contributed by atoms with van der Waals surface area (Å²) in [5.41, 5.74) is 1.67. The highest BCUT2D eigenvalue weighted by Crippen LogP contribution is 2.63. The van der Waals surface area contributed by atoms with Gasteiger partial charge in [0, 0.05) is 44.8 Å². The number of hydrogen-bond donors (Lipinski definition) is 2. The molecule has 2 aromatic carbocycles. The average molecular weight is 653 g/mol. The molecule has 3 atom stereocenters. The van der Waals surface area contributed by atoms with E-state index in [0.29, 0.717) is 44.3 Å². The first-order chi connectivity index (χ1) is 23.2. The van der Waals surface area contributed by atoms with Gasteiger partial charge in [-0.1, -0.05) is 60.7 Å². The number of carbonyl (C=O) groups is 4. The number of aromatic nitrogens is 2. The maximum absolute atomic E-state index is 14.2. The fourth-order valence-corrected chi connectivity index (χ4v) is 7.76. The van der Waals surface area contributed by atoms with Gasteiger partial charge in [0.05, 0.1) is 42.3 Å². The van der Waals surface area contributed by atoms with E-state index in [1.807, 2.05) is 65.6 Å². The summed E-state index contributed by atoms with van der Waals surface area (Å²) >= 11 is 0. The molecule has 3 aromatic rings. The second kappa shape index (κ2) is 12.8. The van der Waals surface area contributed by atoms with Crippen molar-refractivity contribution < 1.29 is 23.9 Å². The Morgan fingerprint density at radius 2 is 1.58 bits per heavy atom. The van der Waals surface area contributed by atoms with Gasteiger partial charge in [0.1, 0.15) is 6.04 Å². The van der Waals surface area contributed by atoms with Crippen LogP contribution in [0.4, 0.5) is 0 Å². The molecule has 4 fully saturated rings. The summed E-state index contributed by atoms with van der Waals surface area (Å²) in [6, 6.07) is 18.6. The predicted molar refractivity (Wildman–Crippen MR) is 177 cm³/mol. The molecule has 48 heavy (non-hydrogen) atoms. The summed E-state index contributed by atoms with van der Waals surface area (Å²) in [6.07, 6.45) is 6.80. The van der Waals surface area contributed by atoms with Crippen LogP contribution in [0.5, 0.6) is 0 Å². The maximum atomic E-state index is 14.2. The largest absolute Gasteiger partial charge is 0.371 e. The lowest BCUT2D eigenvalue weighted by molar-refractivity contribution is -0.156. The van der Waals surface area contributed by atoms with Crippen molar-refractivity contribution in [3.63, 3.8) is 0 Å². The normalized spacial score (nSPS) is 21.7. The Hall–Kier alpha value is -4.51. The summed E-state index contributed by atoms with van der Waals surface area (Å²) in [7, 11) is 1.53. The lowest BCUT2D eigenvalue weighted by atomic mass is 9.70. The fourth-order valence-electron chi connectivity index (χ4n) is 7.76. The van der Waals surface area contributed by atoms with Crippen LogP contribution in [0.1, 0.15) is 54.1 Å². The van der Waals surface area contributed by atoms with Gasteiger partial charge in [-0.2, -0.15) is 5.10 Å². The number of carbonyl (C=O) groups excluding carboxylic acids is 4. The monoisotopic (exact) mass is 652 g/mol. The van der Waals surface area contributed by atoms with E-state index in [-0.39, 0.29) is 35.6 Å². The molecule has 0 bridgehead atoms. The zero-order chi connectivity index (χ0) is 33.5. The van der Waals surface area contributed by atoms with Gasteiger partial charge in [-0.15, -0.1) is 0 Å². The van der Waals surface area contributed by atoms with Crippen LogP contribution in [-0.2, 0) is 32.3 Å². The zero-order valence-corrected chi connectivity index (χ0v) is 27.6. The minimum atomic E-state index is -0.938. The maximum Gasteiger partial charge on any atom is 0.257 e. The highest BCUT2D eigenvalue weighted by Gasteiger charge is 2.65. The van der Waals surface area contributed by atoms with Crippen molar-refractivity contribution >= 4 is 23.6 Å². The molecule has 1 aromatic heterocycles. The van der Waals surface area contributed by atoms with Crippen LogP contribution < -0.4 is 10.6 Å². The topological polar surface area (TPSA) is 126 Å². The molecule has 11 heteroatoms. The van der Waals surface area contributed by atoms with Crippen molar-refractivity contribution in [1.29, 1.82) is 0 Å². The average Bonchev–Trinajstić information content (AvgIpc) is 4.01. The molecular formula is C37H44N6O5. The smallest absolute Gasteiger partial charge is 0.257 e. The Morgan fingerprint density at radius 1 is 0.938 bits per heavy atom. The van der Waals surface area contributed by atoms with Crippen LogP contribution in [0.2, 0.25) is 0 Å². The second-order valence-corrected chi connectivity index (χ2v) is 14.2. The highest BCUT2D eigenvalue weighted by atomic mass is 16.5. The van der Waals surface area contributed by atoms with Crippen molar-refractivity contribution in [3.05, 3.63) is 89.7 Å². The number of nitrogens with one attached hydrogen (secondary N) is 2. The third-order valence-electron chi connectivity index (χ3n) is 10.8. The Bertz CT molecular complexity index is 1660. The quantitative estimate of drug-likeness (QED) is 0.310. The van der Waals surface area contributed by atoms with Gasteiger partial charge < -0.3 is 25.2 Å². The third kappa shape index (κ3) is 6.23. The molecule has 2 N–H and O–H groups in total. The number of rotatable bonds is 12. The van der Waals surface area contributed by atoms with Gasteiger partial charge in [0.2, 0.25) is 17.7 Å². The molecule has 11 nitrogen and oxygen atoms in total. The molecule has 1 spiro atoms. The molecule has 4 aliphatic rings. The number of hydrogen-bond acceptors (Lipinski definition) is 6. The number of nitrogens with zero attached hydrogens (tertiary/aromatic N) is 4. The van der Waals surface area contributed by atoms with Crippen LogP contribution in [0, 0.1) is 22.7 Å². The van der Waals surface area contributed by atoms with Gasteiger partial charge in [-0.05, 0) is 49.7 Å². The molecule has 7 rings (SSSR count). The molecule has 2 aliphatic heterocycles. The van der Waals surface area contributed by atoms with Gasteiger partial charge >= 0.3 is 0 Å². The molecule has 2 saturated carbocycles. The van der Waals surface area contributed by atoms with E-state index >= 15 is 0 Å². The predicted octanol–water partition coefficient (Wildman–Crippen LogP) is 2.86. The van der Waals surface area contributed by atoms with E-state index in [1.165, 1.54) is 7.05 Å². The fraction of sp³-hybridized carbons (Fsp3) is 0.486. The molecule has 252 valence electrons. The lowest BCUT2D eigenvalue weighted by Crippen LogP contribution is -2.66. The van der Waals surface area contributed by atoms with E-state index in [9.17, 15) is 19.2 Å². The molecule has 2 aliphatic carbocycles. The first kappa shape index (κ1) is 32.1. The van der Waals surface area contributed by atoms with Crippen LogP contribution in [0.3, 0.4) is 0 Å². The van der Waals surface area contributed by atoms with E-state index in [1.54, 1.807) is 28.9 Å². The Morgan fingerprint density at radius 3 is 2.21 bits per heavy atom. The molecule has 4 amide bonds. The summed E-state index contributed by atoms with van der Waals surface area (Å²) in [4.78, 5) is 58.4. The van der Waals surface area contributed by atoms with Gasteiger partial charge in [-0.3, -0.25) is 23.9 Å². The molecule has 0 radical (unpaired) electrons. The minimum Gasteiger partial charge on any atom is -0.371 e. The van der Waals surface area contributed by atoms with E-state index in [0.717, 1.165) is 36.8 Å². The first-order valence-corrected chi connectivity index (χ1v) is 17.0. The van der Waals surface area contributed by atoms with Crippen molar-refractivity contribution in [2.75, 3.05) is 33.2 Å². The Kier molecular flexibility index (Phi) is 8.57. The van der Waals surface area contributed by atoms with Gasteiger partial charge in [0.15, 0.2) is 0 Å². The molecule has 3 heterocycles. The van der Waals surface area contributed by atoms with Crippen LogP contribution in [0.15, 0.2) is 73.1 Å². The molecule has 2 saturated heterocycles. The lowest BCUT2D eigenvalue weighted by Gasteiger charge is -2.51. The van der Waals surface area contributed by atoms with E-state index < -0.39 is 23.5 Å². The van der Waals surface area contributed by atoms with Crippen molar-refractivity contribution in [2.45, 2.75) is 57.9 Å². The second-order valence-electron chi connectivity index (χ2n) is 14.2. The number of amides is 4. The molecule has 0 unspecified atom stereocenters. The van der Waals surface area contributed by atoms with Crippen LogP contribution >= 0.6 is 0 Å². The van der Waals surface area contributed by atoms with Crippen molar-refractivity contribution in [3.8, 4) is 0 Å². The summed E-state index contributed by atoms with van der Waals surface area (Å²) in [6.45, 7) is 3.96. The number of benzene rings is 2. The number of ether oxygens (including phenoxy) is 1. The Labute approximate surface area is 281 Å². The van der Waals surface area contributed by atoms with E-state index in [2.05, 4.69) is 15.7 Å². The standard InChI is InChI=1S/C37H44N6O5/c1-25(48-21-27-11-7-4-8-12-27)31(33(45)38-2)40-32(44)30-20-41(34(46)28-17-39-43(19-28)18-26-9-5-3-6-10-26)22-36(30)23-42(24-36)35(47)37(15-16-37)29-13-14-29/h3-12,17,19,25,29-31H,13-16,18,20-24H2,1-2H3,(H,38,45)(H,40,44)/t25-,30-,31+/m1/s1. The molecular weight excluding hydrogens is 608 g/mol. The van der Waals surface area contributed by atoms with Gasteiger partial charge in [0.25, 0.3) is 5.91 Å². The number of likely N-dealkylation sites (N-methyl/N-ethyl adjacent to an activating group) is 1. The van der Waals surface area contributed by atoms with Crippen molar-refractivity contribution in [1.82, 2.24) is 30.2 Å². The van der Waals surface area contributed by atoms with Gasteiger partial charge in [-0.25, -0.2) is 0 Å². The minimum absolute atomic E-state index is 0.185. The highest BCUT2D eigenvalue weighted by molar-refractivity contribution is 5.96. The SMILES string of the molecule is CNC(=O)[C@@H](NC(=O)[C@H]1CN(C(=O)c2cnn(Cc3ccccc3)c2)CC12CN(C(=O)C1(C3CC3)CC1)C2)[C@@H](C)OCc1ccccc1. The van der Waals surface area contributed by atoms with Crippen molar-refractivity contribution in [2.24, 2.45) is 22.7 Å². The van der Waals surface area contributed by atoms with Crippen LogP contribution in [0.25, 0.3) is 0 Å².